The molecule has 8 heteroatoms. The number of nitrogens with zero attached hydrogens (tertiary/aromatic N) is 1. The first-order chi connectivity index (χ1) is 12.1. The van der Waals surface area contributed by atoms with E-state index in [2.05, 4.69) is 4.74 Å². The lowest BCUT2D eigenvalue weighted by atomic mass is 9.93. The number of halogens is 3. The van der Waals surface area contributed by atoms with Gasteiger partial charge in [0.25, 0.3) is 5.91 Å². The number of hydrogen-bond acceptors (Lipinski definition) is 4. The number of benzene rings is 1. The molecule has 1 aromatic rings. The van der Waals surface area contributed by atoms with Crippen molar-refractivity contribution >= 4 is 11.9 Å². The summed E-state index contributed by atoms with van der Waals surface area (Å²) < 4.78 is 43.4. The summed E-state index contributed by atoms with van der Waals surface area (Å²) in [4.78, 5) is 25.8. The third-order valence-electron chi connectivity index (χ3n) is 4.76. The van der Waals surface area contributed by atoms with Crippen molar-refractivity contribution in [3.8, 4) is 0 Å². The highest BCUT2D eigenvalue weighted by Crippen LogP contribution is 2.38. The zero-order chi connectivity index (χ0) is 19.5. The highest BCUT2D eigenvalue weighted by Gasteiger charge is 2.51. The molecular formula is C18H22F3NO4. The number of carbonyl (C=O) groups is 2. The molecule has 0 saturated carbocycles. The Morgan fingerprint density at radius 2 is 1.85 bits per heavy atom. The van der Waals surface area contributed by atoms with Crippen molar-refractivity contribution in [1.29, 1.82) is 0 Å². The number of ether oxygens (including phenoxy) is 1. The van der Waals surface area contributed by atoms with Crippen molar-refractivity contribution in [3.63, 3.8) is 0 Å². The van der Waals surface area contributed by atoms with Crippen LogP contribution in [0.2, 0.25) is 0 Å². The van der Waals surface area contributed by atoms with Crippen molar-refractivity contribution in [1.82, 2.24) is 4.90 Å². The van der Waals surface area contributed by atoms with Gasteiger partial charge in [0.15, 0.2) is 5.60 Å². The molecule has 1 N–H and O–H groups in total. The maximum absolute atomic E-state index is 12.9. The number of piperidine rings is 1. The number of hydrogen-bond donors (Lipinski definition) is 1. The molecule has 1 heterocycles. The second kappa shape index (κ2) is 7.65. The number of likely N-dealkylation sites (tertiary alicyclic amines) is 1. The Kier molecular flexibility index (Phi) is 5.95. The zero-order valence-corrected chi connectivity index (χ0v) is 14.7. The Balaban J connectivity index is 2.19. The second-order valence-electron chi connectivity index (χ2n) is 6.58. The molecule has 1 aliphatic rings. The Hall–Kier alpha value is -2.09. The Bertz CT molecular complexity index is 655. The Morgan fingerprint density at radius 1 is 1.23 bits per heavy atom. The first-order valence-electron chi connectivity index (χ1n) is 8.35. The summed E-state index contributed by atoms with van der Waals surface area (Å²) in [5.74, 6) is -0.761. The average molecular weight is 373 g/mol. The molecule has 2 atom stereocenters. The van der Waals surface area contributed by atoms with Gasteiger partial charge in [0.1, 0.15) is 0 Å². The molecule has 1 saturated heterocycles. The SMILES string of the molecule is COC(=O)CC1CCCCN1C(=O)c1ccc(C(C)(O)C(F)(F)F)cc1. The van der Waals surface area contributed by atoms with E-state index in [-0.39, 0.29) is 29.5 Å². The molecule has 0 radical (unpaired) electrons. The largest absolute Gasteiger partial charge is 0.469 e. The van der Waals surface area contributed by atoms with E-state index < -0.39 is 17.7 Å². The van der Waals surface area contributed by atoms with E-state index in [1.165, 1.54) is 19.2 Å². The van der Waals surface area contributed by atoms with Gasteiger partial charge in [-0.05, 0) is 43.9 Å². The van der Waals surface area contributed by atoms with E-state index in [0.717, 1.165) is 25.0 Å². The van der Waals surface area contributed by atoms with Crippen LogP contribution >= 0.6 is 0 Å². The second-order valence-corrected chi connectivity index (χ2v) is 6.58. The predicted octanol–water partition coefficient (Wildman–Crippen LogP) is 3.01. The highest BCUT2D eigenvalue weighted by molar-refractivity contribution is 5.94. The molecule has 2 rings (SSSR count). The van der Waals surface area contributed by atoms with Gasteiger partial charge in [-0.3, -0.25) is 9.59 Å². The minimum atomic E-state index is -4.82. The Labute approximate surface area is 149 Å². The number of alkyl halides is 3. The van der Waals surface area contributed by atoms with Gasteiger partial charge in [-0.25, -0.2) is 0 Å². The maximum atomic E-state index is 12.9. The van der Waals surface area contributed by atoms with Gasteiger partial charge in [-0.1, -0.05) is 12.1 Å². The number of carbonyl (C=O) groups excluding carboxylic acids is 2. The fourth-order valence-corrected chi connectivity index (χ4v) is 3.02. The molecular weight excluding hydrogens is 351 g/mol. The molecule has 5 nitrogen and oxygen atoms in total. The standard InChI is InChI=1S/C18H22F3NO4/c1-17(25,18(19,20)21)13-8-6-12(7-9-13)16(24)22-10-4-3-5-14(22)11-15(23)26-2/h6-9,14,25H,3-5,10-11H2,1-2H3. The first-order valence-corrected chi connectivity index (χ1v) is 8.35. The summed E-state index contributed by atoms with van der Waals surface area (Å²) in [5.41, 5.74) is -3.12. The van der Waals surface area contributed by atoms with Gasteiger partial charge in [0, 0.05) is 18.2 Å². The number of rotatable bonds is 4. The van der Waals surface area contributed by atoms with Gasteiger partial charge in [0.2, 0.25) is 0 Å². The molecule has 1 fully saturated rings. The van der Waals surface area contributed by atoms with Gasteiger partial charge < -0.3 is 14.7 Å². The number of amides is 1. The fraction of sp³-hybridized carbons (Fsp3) is 0.556. The topological polar surface area (TPSA) is 66.8 Å². The summed E-state index contributed by atoms with van der Waals surface area (Å²) >= 11 is 0. The molecule has 1 aromatic carbocycles. The van der Waals surface area contributed by atoms with E-state index in [1.54, 1.807) is 4.90 Å². The highest BCUT2D eigenvalue weighted by atomic mass is 19.4. The third kappa shape index (κ3) is 4.17. The normalized spacial score (nSPS) is 20.4. The average Bonchev–Trinajstić information content (AvgIpc) is 2.60. The number of aliphatic hydroxyl groups is 1. The lowest BCUT2D eigenvalue weighted by Gasteiger charge is -2.35. The summed E-state index contributed by atoms with van der Waals surface area (Å²) in [7, 11) is 1.28. The summed E-state index contributed by atoms with van der Waals surface area (Å²) in [6.07, 6.45) is -2.38. The molecule has 144 valence electrons. The maximum Gasteiger partial charge on any atom is 0.421 e. The van der Waals surface area contributed by atoms with Gasteiger partial charge >= 0.3 is 12.1 Å². The van der Waals surface area contributed by atoms with Gasteiger partial charge in [-0.15, -0.1) is 0 Å². The van der Waals surface area contributed by atoms with Crippen LogP contribution in [0.3, 0.4) is 0 Å². The first kappa shape index (κ1) is 20.2. The van der Waals surface area contributed by atoms with E-state index >= 15 is 0 Å². The van der Waals surface area contributed by atoms with Crippen molar-refractivity contribution < 1.29 is 32.6 Å². The van der Waals surface area contributed by atoms with Crippen LogP contribution in [0.15, 0.2) is 24.3 Å². The molecule has 1 aliphatic heterocycles. The Morgan fingerprint density at radius 3 is 2.38 bits per heavy atom. The summed E-state index contributed by atoms with van der Waals surface area (Å²) in [6, 6.07) is 4.44. The summed E-state index contributed by atoms with van der Waals surface area (Å²) in [6.45, 7) is 1.14. The fourth-order valence-electron chi connectivity index (χ4n) is 3.02. The molecule has 0 aromatic heterocycles. The molecule has 0 spiro atoms. The predicted molar refractivity (Wildman–Crippen MR) is 87.4 cm³/mol. The molecule has 1 amide bonds. The lowest BCUT2D eigenvalue weighted by Crippen LogP contribution is -2.45. The minimum Gasteiger partial charge on any atom is -0.469 e. The van der Waals surface area contributed by atoms with Crippen LogP contribution in [0.25, 0.3) is 0 Å². The molecule has 0 bridgehead atoms. The van der Waals surface area contributed by atoms with Crippen LogP contribution in [-0.4, -0.2) is 47.8 Å². The quantitative estimate of drug-likeness (QED) is 0.824. The van der Waals surface area contributed by atoms with E-state index in [1.807, 2.05) is 0 Å². The third-order valence-corrected chi connectivity index (χ3v) is 4.76. The van der Waals surface area contributed by atoms with Crippen LogP contribution in [0.4, 0.5) is 13.2 Å². The lowest BCUT2D eigenvalue weighted by molar-refractivity contribution is -0.258. The molecule has 2 unspecified atom stereocenters. The van der Waals surface area contributed by atoms with Crippen molar-refractivity contribution in [3.05, 3.63) is 35.4 Å². The monoisotopic (exact) mass is 373 g/mol. The van der Waals surface area contributed by atoms with E-state index in [9.17, 15) is 27.9 Å². The van der Waals surface area contributed by atoms with Crippen molar-refractivity contribution in [2.24, 2.45) is 0 Å². The van der Waals surface area contributed by atoms with E-state index in [4.69, 9.17) is 0 Å². The van der Waals surface area contributed by atoms with Gasteiger partial charge in [0.05, 0.1) is 13.5 Å². The van der Waals surface area contributed by atoms with Crippen molar-refractivity contribution in [2.45, 2.75) is 50.4 Å². The molecule has 0 aliphatic carbocycles. The van der Waals surface area contributed by atoms with Crippen molar-refractivity contribution in [2.75, 3.05) is 13.7 Å². The zero-order valence-electron chi connectivity index (χ0n) is 14.7. The van der Waals surface area contributed by atoms with Crippen LogP contribution in [0.5, 0.6) is 0 Å². The minimum absolute atomic E-state index is 0.0864. The van der Waals surface area contributed by atoms with Gasteiger partial charge in [-0.2, -0.15) is 13.2 Å². The summed E-state index contributed by atoms with van der Waals surface area (Å²) in [5, 5.41) is 9.70. The number of esters is 1. The smallest absolute Gasteiger partial charge is 0.421 e. The van der Waals surface area contributed by atoms with E-state index in [0.29, 0.717) is 19.9 Å². The van der Waals surface area contributed by atoms with Crippen LogP contribution in [0, 0.1) is 0 Å². The van der Waals surface area contributed by atoms with Crippen LogP contribution in [0.1, 0.15) is 48.5 Å². The number of methoxy groups -OCH3 is 1. The van der Waals surface area contributed by atoms with Crippen LogP contribution in [-0.2, 0) is 15.1 Å². The van der Waals surface area contributed by atoms with Crippen LogP contribution < -0.4 is 0 Å². The molecule has 26 heavy (non-hydrogen) atoms.